The number of amides is 1. The van der Waals surface area contributed by atoms with Crippen LogP contribution in [0, 0.1) is 6.92 Å². The second-order valence-electron chi connectivity index (χ2n) is 6.27. The van der Waals surface area contributed by atoms with Gasteiger partial charge >= 0.3 is 0 Å². The summed E-state index contributed by atoms with van der Waals surface area (Å²) in [6, 6.07) is 23.6. The van der Waals surface area contributed by atoms with Gasteiger partial charge in [0.1, 0.15) is 0 Å². The van der Waals surface area contributed by atoms with Crippen LogP contribution >= 0.6 is 27.3 Å². The van der Waals surface area contributed by atoms with Crippen molar-refractivity contribution >= 4 is 48.5 Å². The number of rotatable bonds is 4. The van der Waals surface area contributed by atoms with Crippen molar-refractivity contribution in [1.82, 2.24) is 4.98 Å². The lowest BCUT2D eigenvalue weighted by Crippen LogP contribution is -2.30. The van der Waals surface area contributed by atoms with Gasteiger partial charge < -0.3 is 0 Å². The van der Waals surface area contributed by atoms with E-state index in [9.17, 15) is 4.79 Å². The number of para-hydroxylation sites is 1. The van der Waals surface area contributed by atoms with Gasteiger partial charge in [0, 0.05) is 4.47 Å². The summed E-state index contributed by atoms with van der Waals surface area (Å²) in [5, 5.41) is 0.712. The van der Waals surface area contributed by atoms with Crippen molar-refractivity contribution in [3.05, 3.63) is 94.0 Å². The van der Waals surface area contributed by atoms with Crippen molar-refractivity contribution < 1.29 is 4.79 Å². The minimum Gasteiger partial charge on any atom is -0.279 e. The van der Waals surface area contributed by atoms with Crippen LogP contribution in [0.25, 0.3) is 10.2 Å². The highest BCUT2D eigenvalue weighted by Gasteiger charge is 2.23. The van der Waals surface area contributed by atoms with Gasteiger partial charge in [-0.3, -0.25) is 9.69 Å². The molecule has 27 heavy (non-hydrogen) atoms. The Morgan fingerprint density at radius 1 is 1.00 bits per heavy atom. The van der Waals surface area contributed by atoms with Gasteiger partial charge in [-0.2, -0.15) is 0 Å². The molecular formula is C22H17BrN2OS. The van der Waals surface area contributed by atoms with Crippen LogP contribution in [0.1, 0.15) is 21.5 Å². The number of carbonyl (C=O) groups excluding carboxylic acids is 1. The molecule has 1 amide bonds. The number of nitrogens with zero attached hydrogens (tertiary/aromatic N) is 2. The van der Waals surface area contributed by atoms with Crippen LogP contribution in [0.5, 0.6) is 0 Å². The maximum atomic E-state index is 13.4. The summed E-state index contributed by atoms with van der Waals surface area (Å²) < 4.78 is 1.87. The van der Waals surface area contributed by atoms with E-state index < -0.39 is 0 Å². The summed E-state index contributed by atoms with van der Waals surface area (Å²) in [6.07, 6.45) is 0. The third-order valence-corrected chi connectivity index (χ3v) is 6.11. The van der Waals surface area contributed by atoms with E-state index in [1.807, 2.05) is 79.7 Å². The van der Waals surface area contributed by atoms with E-state index >= 15 is 0 Å². The van der Waals surface area contributed by atoms with Crippen LogP contribution in [0.3, 0.4) is 0 Å². The van der Waals surface area contributed by atoms with Crippen LogP contribution in [0.2, 0.25) is 0 Å². The summed E-state index contributed by atoms with van der Waals surface area (Å²) in [5.41, 5.74) is 3.76. The number of thiazole rings is 1. The standard InChI is InChI=1S/C22H17BrN2OS/c1-15-8-7-13-19-20(15)24-22(27-19)25(14-16-9-3-2-4-10-16)21(26)17-11-5-6-12-18(17)23/h2-13H,14H2,1H3. The van der Waals surface area contributed by atoms with E-state index in [0.29, 0.717) is 17.2 Å². The number of hydrogen-bond donors (Lipinski definition) is 0. The first-order valence-electron chi connectivity index (χ1n) is 8.60. The average molecular weight is 437 g/mol. The van der Waals surface area contributed by atoms with Gasteiger partial charge in [0.2, 0.25) is 0 Å². The Hall–Kier alpha value is -2.50. The van der Waals surface area contributed by atoms with Gasteiger partial charge in [-0.1, -0.05) is 65.9 Å². The molecule has 1 aromatic heterocycles. The second kappa shape index (κ2) is 7.62. The summed E-state index contributed by atoms with van der Waals surface area (Å²) in [4.78, 5) is 20.0. The van der Waals surface area contributed by atoms with Crippen molar-refractivity contribution in [3.63, 3.8) is 0 Å². The molecule has 0 aliphatic heterocycles. The number of hydrogen-bond acceptors (Lipinski definition) is 3. The highest BCUT2D eigenvalue weighted by Crippen LogP contribution is 2.33. The van der Waals surface area contributed by atoms with Gasteiger partial charge in [0.15, 0.2) is 5.13 Å². The fraction of sp³-hybridized carbons (Fsp3) is 0.0909. The molecule has 3 nitrogen and oxygen atoms in total. The number of benzene rings is 3. The predicted octanol–water partition coefficient (Wildman–Crippen LogP) is 6.21. The lowest BCUT2D eigenvalue weighted by molar-refractivity contribution is 0.0984. The predicted molar refractivity (Wildman–Crippen MR) is 115 cm³/mol. The number of fused-ring (bicyclic) bond motifs is 1. The summed E-state index contributed by atoms with van der Waals surface area (Å²) in [6.45, 7) is 2.52. The molecule has 1 heterocycles. The van der Waals surface area contributed by atoms with E-state index in [4.69, 9.17) is 4.98 Å². The summed E-state index contributed by atoms with van der Waals surface area (Å²) >= 11 is 5.05. The smallest absolute Gasteiger partial charge is 0.261 e. The number of aryl methyl sites for hydroxylation is 1. The molecule has 0 radical (unpaired) electrons. The molecule has 0 saturated carbocycles. The Balaban J connectivity index is 1.81. The van der Waals surface area contributed by atoms with Gasteiger partial charge in [0.25, 0.3) is 5.91 Å². The first-order valence-corrected chi connectivity index (χ1v) is 10.2. The molecule has 0 bridgehead atoms. The molecule has 4 aromatic rings. The van der Waals surface area contributed by atoms with Gasteiger partial charge in [-0.25, -0.2) is 4.98 Å². The van der Waals surface area contributed by atoms with Crippen LogP contribution in [0.4, 0.5) is 5.13 Å². The third kappa shape index (κ3) is 3.66. The van der Waals surface area contributed by atoms with Crippen molar-refractivity contribution in [3.8, 4) is 0 Å². The molecule has 134 valence electrons. The summed E-state index contributed by atoms with van der Waals surface area (Å²) in [7, 11) is 0. The first kappa shape index (κ1) is 17.9. The Labute approximate surface area is 170 Å². The molecule has 5 heteroatoms. The average Bonchev–Trinajstić information content (AvgIpc) is 3.12. The zero-order chi connectivity index (χ0) is 18.8. The fourth-order valence-corrected chi connectivity index (χ4v) is 4.46. The Kier molecular flexibility index (Phi) is 5.05. The zero-order valence-electron chi connectivity index (χ0n) is 14.7. The molecule has 0 atom stereocenters. The second-order valence-corrected chi connectivity index (χ2v) is 8.14. The SMILES string of the molecule is Cc1cccc2sc(N(Cc3ccccc3)C(=O)c3ccccc3Br)nc12. The third-order valence-electron chi connectivity index (χ3n) is 4.37. The maximum Gasteiger partial charge on any atom is 0.261 e. The fourth-order valence-electron chi connectivity index (χ4n) is 2.96. The lowest BCUT2D eigenvalue weighted by Gasteiger charge is -2.20. The monoisotopic (exact) mass is 436 g/mol. The zero-order valence-corrected chi connectivity index (χ0v) is 17.1. The molecule has 0 unspecified atom stereocenters. The van der Waals surface area contributed by atoms with Crippen molar-refractivity contribution in [2.24, 2.45) is 0 Å². The number of aromatic nitrogens is 1. The van der Waals surface area contributed by atoms with Gasteiger partial charge in [-0.05, 0) is 52.2 Å². The van der Waals surface area contributed by atoms with Crippen LogP contribution < -0.4 is 4.90 Å². The first-order chi connectivity index (χ1) is 13.1. The minimum atomic E-state index is -0.0666. The van der Waals surface area contributed by atoms with Crippen molar-refractivity contribution in [1.29, 1.82) is 0 Å². The van der Waals surface area contributed by atoms with Crippen molar-refractivity contribution in [2.75, 3.05) is 4.90 Å². The molecule has 0 aliphatic rings. The van der Waals surface area contributed by atoms with E-state index in [1.165, 1.54) is 0 Å². The van der Waals surface area contributed by atoms with Gasteiger partial charge in [-0.15, -0.1) is 0 Å². The highest BCUT2D eigenvalue weighted by atomic mass is 79.9. The molecule has 3 aromatic carbocycles. The molecule has 0 aliphatic carbocycles. The largest absolute Gasteiger partial charge is 0.279 e. The van der Waals surface area contributed by atoms with E-state index in [2.05, 4.69) is 15.9 Å². The minimum absolute atomic E-state index is 0.0666. The molecule has 4 rings (SSSR count). The Morgan fingerprint density at radius 2 is 1.74 bits per heavy atom. The van der Waals surface area contributed by atoms with Crippen LogP contribution in [-0.4, -0.2) is 10.9 Å². The normalized spacial score (nSPS) is 10.9. The van der Waals surface area contributed by atoms with E-state index in [0.717, 1.165) is 25.8 Å². The van der Waals surface area contributed by atoms with Crippen LogP contribution in [0.15, 0.2) is 77.3 Å². The van der Waals surface area contributed by atoms with Gasteiger partial charge in [0.05, 0.1) is 22.3 Å². The number of carbonyl (C=O) groups is 1. The Bertz CT molecular complexity index is 1110. The van der Waals surface area contributed by atoms with Crippen molar-refractivity contribution in [2.45, 2.75) is 13.5 Å². The van der Waals surface area contributed by atoms with E-state index in [-0.39, 0.29) is 5.91 Å². The number of halogens is 1. The maximum absolute atomic E-state index is 13.4. The highest BCUT2D eigenvalue weighted by molar-refractivity contribution is 9.10. The summed E-state index contributed by atoms with van der Waals surface area (Å²) in [5.74, 6) is -0.0666. The molecule has 0 fully saturated rings. The molecular weight excluding hydrogens is 420 g/mol. The molecule has 0 saturated heterocycles. The lowest BCUT2D eigenvalue weighted by atomic mass is 10.1. The van der Waals surface area contributed by atoms with E-state index in [1.54, 1.807) is 16.2 Å². The Morgan fingerprint density at radius 3 is 2.48 bits per heavy atom. The molecule has 0 N–H and O–H groups in total. The quantitative estimate of drug-likeness (QED) is 0.380. The molecule has 0 spiro atoms. The topological polar surface area (TPSA) is 33.2 Å². The van der Waals surface area contributed by atoms with Crippen LogP contribution in [-0.2, 0) is 6.54 Å². The number of anilines is 1.